The van der Waals surface area contributed by atoms with Crippen LogP contribution in [0.2, 0.25) is 0 Å². The first-order valence-corrected chi connectivity index (χ1v) is 9.00. The van der Waals surface area contributed by atoms with Crippen LogP contribution in [0, 0.1) is 36.7 Å². The van der Waals surface area contributed by atoms with Gasteiger partial charge in [0, 0.05) is 17.5 Å². The number of hydrogen-bond acceptors (Lipinski definition) is 4. The molecule has 130 valence electrons. The zero-order valence-electron chi connectivity index (χ0n) is 15.3. The van der Waals surface area contributed by atoms with E-state index in [0.717, 1.165) is 36.9 Å². The molecule has 0 bridgehead atoms. The number of ketones is 2. The van der Waals surface area contributed by atoms with Gasteiger partial charge in [0.25, 0.3) is 0 Å². The van der Waals surface area contributed by atoms with Crippen molar-refractivity contribution in [3.63, 3.8) is 0 Å². The van der Waals surface area contributed by atoms with Crippen LogP contribution in [-0.2, 0) is 9.59 Å². The molecule has 2 fully saturated rings. The van der Waals surface area contributed by atoms with Gasteiger partial charge in [-0.1, -0.05) is 25.5 Å². The third kappa shape index (κ3) is 3.30. The molecular weight excluding hydrogens is 337 g/mol. The molecule has 0 heterocycles. The van der Waals surface area contributed by atoms with E-state index in [-0.39, 0.29) is 58.7 Å². The summed E-state index contributed by atoms with van der Waals surface area (Å²) in [6.07, 6.45) is 6.81. The fraction of sp³-hybridized carbons (Fsp3) is 0.429. The number of hydrogen-bond donors (Lipinski definition) is 2. The van der Waals surface area contributed by atoms with Crippen LogP contribution < -0.4 is 34.9 Å². The number of Topliss-reactive ketones (excluding diaryl/α,β-unsaturated/α-hetero) is 2. The first-order chi connectivity index (χ1) is 12.1. The Kier molecular flexibility index (Phi) is 5.75. The maximum absolute atomic E-state index is 13.2. The molecule has 0 saturated heterocycles. The molecule has 1 aromatic rings. The molecule has 4 atom stereocenters. The number of allylic oxidation sites excluding steroid dienone is 4. The zero-order chi connectivity index (χ0) is 17.6. The molecule has 2 saturated carbocycles. The third-order valence-electron chi connectivity index (χ3n) is 5.78. The first kappa shape index (κ1) is 19.4. The largest absolute Gasteiger partial charge is 1.00 e. The van der Waals surface area contributed by atoms with Gasteiger partial charge in [-0.3, -0.25) is 9.59 Å². The monoisotopic (exact) mass is 359 g/mol. The summed E-state index contributed by atoms with van der Waals surface area (Å²) >= 11 is 0. The second kappa shape index (κ2) is 7.71. The Morgan fingerprint density at radius 3 is 2.31 bits per heavy atom. The number of rotatable bonds is 2. The van der Waals surface area contributed by atoms with Gasteiger partial charge in [0.15, 0.2) is 0 Å². The molecule has 4 unspecified atom stereocenters. The molecule has 4 rings (SSSR count). The van der Waals surface area contributed by atoms with E-state index in [9.17, 15) is 14.7 Å². The fourth-order valence-electron chi connectivity index (χ4n) is 4.49. The zero-order valence-corrected chi connectivity index (χ0v) is 17.3. The summed E-state index contributed by atoms with van der Waals surface area (Å²) in [6.45, 7) is 1.99. The van der Waals surface area contributed by atoms with E-state index in [4.69, 9.17) is 0 Å². The Balaban J connectivity index is 0.00000196. The summed E-state index contributed by atoms with van der Waals surface area (Å²) in [5, 5.41) is 13.6. The number of aliphatic hydroxyl groups excluding tert-OH is 1. The van der Waals surface area contributed by atoms with Crippen LogP contribution in [-0.4, -0.2) is 16.7 Å². The van der Waals surface area contributed by atoms with Crippen molar-refractivity contribution in [3.05, 3.63) is 53.4 Å². The van der Waals surface area contributed by atoms with Gasteiger partial charge in [-0.05, 0) is 25.0 Å². The Morgan fingerprint density at radius 1 is 1.04 bits per heavy atom. The summed E-state index contributed by atoms with van der Waals surface area (Å²) in [7, 11) is 0. The van der Waals surface area contributed by atoms with Crippen molar-refractivity contribution in [3.8, 4) is 0 Å². The Labute approximate surface area is 176 Å². The van der Waals surface area contributed by atoms with Crippen molar-refractivity contribution < 1.29 is 44.3 Å². The van der Waals surface area contributed by atoms with Crippen molar-refractivity contribution in [2.45, 2.75) is 32.6 Å². The van der Waals surface area contributed by atoms with Crippen LogP contribution >= 0.6 is 0 Å². The molecule has 0 radical (unpaired) electrons. The van der Waals surface area contributed by atoms with Crippen molar-refractivity contribution in [1.29, 1.82) is 0 Å². The minimum absolute atomic E-state index is 0. The molecule has 0 aromatic heterocycles. The molecule has 26 heavy (non-hydrogen) atoms. The molecular formula is C21H22NNaO3. The van der Waals surface area contributed by atoms with E-state index in [1.807, 2.05) is 25.1 Å². The van der Waals surface area contributed by atoms with Crippen molar-refractivity contribution >= 4 is 17.3 Å². The van der Waals surface area contributed by atoms with Gasteiger partial charge in [-0.2, -0.15) is 23.8 Å². The normalized spacial score (nSPS) is 30.3. The molecule has 5 heteroatoms. The van der Waals surface area contributed by atoms with E-state index in [2.05, 4.69) is 11.4 Å². The van der Waals surface area contributed by atoms with E-state index < -0.39 is 11.8 Å². The number of aryl methyl sites for hydroxylation is 1. The minimum atomic E-state index is -0.732. The number of nitrogens with one attached hydrogen (secondary N) is 1. The van der Waals surface area contributed by atoms with Gasteiger partial charge >= 0.3 is 29.6 Å². The van der Waals surface area contributed by atoms with Crippen molar-refractivity contribution in [1.82, 2.24) is 0 Å². The smallest absolute Gasteiger partial charge is 0.512 e. The standard InChI is InChI=1S/C21H22NO3.Na/c1-12-6-8-13(9-7-12)22-16-10-11-17(23)19-18(16)20(24)14-4-2-3-5-15(14)21(19)25;/h6-8,10-11,14-15,18-19,22-23H,2-5H2,1H3;/q-1;+1. The van der Waals surface area contributed by atoms with Crippen molar-refractivity contribution in [2.75, 3.05) is 5.32 Å². The Bertz CT molecular complexity index is 781. The number of carbonyl (C=O) groups is 2. The molecule has 0 spiro atoms. The molecule has 4 nitrogen and oxygen atoms in total. The van der Waals surface area contributed by atoms with Crippen LogP contribution in [0.4, 0.5) is 5.69 Å². The van der Waals surface area contributed by atoms with Crippen molar-refractivity contribution in [2.24, 2.45) is 23.7 Å². The third-order valence-corrected chi connectivity index (χ3v) is 5.78. The van der Waals surface area contributed by atoms with Gasteiger partial charge in [0.2, 0.25) is 0 Å². The number of benzene rings is 1. The van der Waals surface area contributed by atoms with Crippen LogP contribution in [0.15, 0.2) is 41.8 Å². The van der Waals surface area contributed by atoms with Crippen LogP contribution in [0.5, 0.6) is 0 Å². The summed E-state index contributed by atoms with van der Waals surface area (Å²) in [5.41, 5.74) is 2.55. The predicted octanol–water partition coefficient (Wildman–Crippen LogP) is 0.741. The Morgan fingerprint density at radius 2 is 1.69 bits per heavy atom. The predicted molar refractivity (Wildman–Crippen MR) is 94.9 cm³/mol. The number of anilines is 1. The average molecular weight is 359 g/mol. The summed E-state index contributed by atoms with van der Waals surface area (Å²) < 4.78 is 0. The summed E-state index contributed by atoms with van der Waals surface area (Å²) in [4.78, 5) is 26.1. The number of carbonyl (C=O) groups excluding carboxylic acids is 2. The van der Waals surface area contributed by atoms with Crippen LogP contribution in [0.3, 0.4) is 0 Å². The first-order valence-electron chi connectivity index (χ1n) is 9.00. The average Bonchev–Trinajstić information content (AvgIpc) is 2.63. The summed E-state index contributed by atoms with van der Waals surface area (Å²) in [6, 6.07) is 8.89. The number of aliphatic hydroxyl groups is 1. The van der Waals surface area contributed by atoms with Crippen LogP contribution in [0.1, 0.15) is 31.2 Å². The molecule has 3 aliphatic rings. The second-order valence-electron chi connectivity index (χ2n) is 7.38. The number of fused-ring (bicyclic) bond motifs is 2. The SMILES string of the molecule is Cc1c[c-]c(NC2=CC=C(O)C3C(=O)C4CCCCC4C(=O)C23)cc1.[Na+]. The molecule has 3 aliphatic carbocycles. The van der Waals surface area contributed by atoms with E-state index in [1.54, 1.807) is 12.2 Å². The quantitative estimate of drug-likeness (QED) is 0.604. The molecule has 1 aromatic carbocycles. The van der Waals surface area contributed by atoms with E-state index in [0.29, 0.717) is 5.70 Å². The molecule has 2 N–H and O–H groups in total. The van der Waals surface area contributed by atoms with Gasteiger partial charge in [0.1, 0.15) is 17.3 Å². The molecule has 0 aliphatic heterocycles. The van der Waals surface area contributed by atoms with Gasteiger partial charge in [0.05, 0.1) is 11.8 Å². The van der Waals surface area contributed by atoms with Gasteiger partial charge in [-0.15, -0.1) is 6.07 Å². The summed E-state index contributed by atoms with van der Waals surface area (Å²) in [5.74, 6) is -1.60. The maximum atomic E-state index is 13.2. The van der Waals surface area contributed by atoms with E-state index >= 15 is 0 Å². The van der Waals surface area contributed by atoms with Crippen LogP contribution in [0.25, 0.3) is 0 Å². The van der Waals surface area contributed by atoms with Gasteiger partial charge < -0.3 is 10.4 Å². The Hall–Kier alpha value is -1.36. The molecule has 0 amide bonds. The topological polar surface area (TPSA) is 66.4 Å². The fourth-order valence-corrected chi connectivity index (χ4v) is 4.49. The second-order valence-corrected chi connectivity index (χ2v) is 7.38. The maximum Gasteiger partial charge on any atom is 1.00 e. The van der Waals surface area contributed by atoms with Gasteiger partial charge in [-0.25, -0.2) is 0 Å². The van der Waals surface area contributed by atoms with E-state index in [1.165, 1.54) is 0 Å². The minimum Gasteiger partial charge on any atom is -0.512 e.